The SMILES string of the molecule is Cc1ccc(Cl)c(OCc2n[nH]c(=S)n2NC(=O)c2cnccn2)c1. The fraction of sp³-hybridized carbons (Fsp3) is 0.133. The summed E-state index contributed by atoms with van der Waals surface area (Å²) in [5, 5.41) is 7.15. The topological polar surface area (TPSA) is 97.7 Å². The molecule has 128 valence electrons. The number of carbonyl (C=O) groups is 1. The van der Waals surface area contributed by atoms with Crippen molar-refractivity contribution in [3.05, 3.63) is 63.7 Å². The fourth-order valence-corrected chi connectivity index (χ4v) is 2.35. The van der Waals surface area contributed by atoms with Gasteiger partial charge in [-0.25, -0.2) is 9.66 Å². The average Bonchev–Trinajstić information content (AvgIpc) is 2.96. The van der Waals surface area contributed by atoms with Crippen LogP contribution >= 0.6 is 23.8 Å². The maximum Gasteiger partial charge on any atom is 0.290 e. The van der Waals surface area contributed by atoms with Crippen molar-refractivity contribution in [1.82, 2.24) is 24.8 Å². The van der Waals surface area contributed by atoms with Crippen molar-refractivity contribution < 1.29 is 9.53 Å². The number of ether oxygens (including phenoxy) is 1. The third kappa shape index (κ3) is 4.01. The normalized spacial score (nSPS) is 10.5. The summed E-state index contributed by atoms with van der Waals surface area (Å²) in [6, 6.07) is 5.44. The van der Waals surface area contributed by atoms with Gasteiger partial charge in [0.15, 0.2) is 5.82 Å². The van der Waals surface area contributed by atoms with E-state index >= 15 is 0 Å². The van der Waals surface area contributed by atoms with Crippen molar-refractivity contribution >= 4 is 29.7 Å². The predicted octanol–water partition coefficient (Wildman–Crippen LogP) is 2.66. The number of halogens is 1. The first-order chi connectivity index (χ1) is 12.0. The summed E-state index contributed by atoms with van der Waals surface area (Å²) >= 11 is 11.2. The molecule has 0 spiro atoms. The molecule has 0 saturated carbocycles. The van der Waals surface area contributed by atoms with Crippen molar-refractivity contribution in [3.63, 3.8) is 0 Å². The lowest BCUT2D eigenvalue weighted by molar-refractivity contribution is 0.100. The maximum absolute atomic E-state index is 12.2. The second-order valence-electron chi connectivity index (χ2n) is 5.03. The van der Waals surface area contributed by atoms with E-state index in [1.807, 2.05) is 19.1 Å². The monoisotopic (exact) mass is 376 g/mol. The Morgan fingerprint density at radius 3 is 3.04 bits per heavy atom. The van der Waals surface area contributed by atoms with E-state index in [-0.39, 0.29) is 17.1 Å². The Hall–Kier alpha value is -2.78. The Labute approximate surface area is 152 Å². The second kappa shape index (κ2) is 7.41. The number of benzene rings is 1. The predicted molar refractivity (Wildman–Crippen MR) is 93.7 cm³/mol. The maximum atomic E-state index is 12.2. The summed E-state index contributed by atoms with van der Waals surface area (Å²) in [5.41, 5.74) is 3.76. The highest BCUT2D eigenvalue weighted by molar-refractivity contribution is 7.71. The number of H-pyrrole nitrogens is 1. The number of nitrogens with zero attached hydrogens (tertiary/aromatic N) is 4. The summed E-state index contributed by atoms with van der Waals surface area (Å²) < 4.78 is 7.21. The molecule has 25 heavy (non-hydrogen) atoms. The van der Waals surface area contributed by atoms with Crippen LogP contribution in [0.2, 0.25) is 5.02 Å². The summed E-state index contributed by atoms with van der Waals surface area (Å²) in [4.78, 5) is 20.0. The quantitative estimate of drug-likeness (QED) is 0.664. The molecule has 0 unspecified atom stereocenters. The van der Waals surface area contributed by atoms with Crippen molar-refractivity contribution in [2.24, 2.45) is 0 Å². The second-order valence-corrected chi connectivity index (χ2v) is 5.83. The summed E-state index contributed by atoms with van der Waals surface area (Å²) in [6.07, 6.45) is 4.25. The van der Waals surface area contributed by atoms with E-state index in [9.17, 15) is 4.79 Å². The van der Waals surface area contributed by atoms with Gasteiger partial charge in [0.1, 0.15) is 18.1 Å². The molecule has 0 aliphatic heterocycles. The minimum Gasteiger partial charge on any atom is -0.484 e. The number of amides is 1. The van der Waals surface area contributed by atoms with Crippen molar-refractivity contribution in [2.45, 2.75) is 13.5 Å². The molecule has 8 nitrogen and oxygen atoms in total. The first kappa shape index (κ1) is 17.1. The van der Waals surface area contributed by atoms with E-state index < -0.39 is 5.91 Å². The van der Waals surface area contributed by atoms with E-state index in [0.717, 1.165) is 5.56 Å². The van der Waals surface area contributed by atoms with Gasteiger partial charge in [-0.3, -0.25) is 20.3 Å². The molecule has 1 aromatic carbocycles. The van der Waals surface area contributed by atoms with E-state index in [0.29, 0.717) is 16.6 Å². The van der Waals surface area contributed by atoms with Crippen molar-refractivity contribution in [3.8, 4) is 5.75 Å². The molecule has 3 aromatic rings. The van der Waals surface area contributed by atoms with Gasteiger partial charge >= 0.3 is 0 Å². The Morgan fingerprint density at radius 1 is 1.44 bits per heavy atom. The minimum atomic E-state index is -0.472. The van der Waals surface area contributed by atoms with Gasteiger partial charge < -0.3 is 4.74 Å². The number of carbonyl (C=O) groups excluding carboxylic acids is 1. The van der Waals surface area contributed by atoms with E-state index in [1.165, 1.54) is 23.3 Å². The summed E-state index contributed by atoms with van der Waals surface area (Å²) in [7, 11) is 0. The van der Waals surface area contributed by atoms with Crippen LogP contribution in [-0.2, 0) is 6.61 Å². The van der Waals surface area contributed by atoms with Gasteiger partial charge in [-0.1, -0.05) is 17.7 Å². The van der Waals surface area contributed by atoms with E-state index in [2.05, 4.69) is 25.6 Å². The number of rotatable bonds is 5. The van der Waals surface area contributed by atoms with Crippen LogP contribution in [0.5, 0.6) is 5.75 Å². The van der Waals surface area contributed by atoms with Gasteiger partial charge in [0.2, 0.25) is 4.77 Å². The lowest BCUT2D eigenvalue weighted by Gasteiger charge is -2.10. The third-order valence-corrected chi connectivity index (χ3v) is 3.78. The first-order valence-corrected chi connectivity index (χ1v) is 7.96. The molecule has 10 heteroatoms. The van der Waals surface area contributed by atoms with Gasteiger partial charge in [-0.05, 0) is 36.8 Å². The van der Waals surface area contributed by atoms with Gasteiger partial charge in [-0.2, -0.15) is 5.10 Å². The summed E-state index contributed by atoms with van der Waals surface area (Å²) in [6.45, 7) is 1.98. The zero-order valence-electron chi connectivity index (χ0n) is 13.1. The van der Waals surface area contributed by atoms with Crippen LogP contribution in [0.3, 0.4) is 0 Å². The molecule has 1 amide bonds. The zero-order chi connectivity index (χ0) is 17.8. The van der Waals surface area contributed by atoms with E-state index in [1.54, 1.807) is 6.07 Å². The Kier molecular flexibility index (Phi) is 5.05. The molecular weight excluding hydrogens is 364 g/mol. The lowest BCUT2D eigenvalue weighted by atomic mass is 10.2. The molecule has 0 bridgehead atoms. The molecule has 0 saturated heterocycles. The van der Waals surface area contributed by atoms with Gasteiger partial charge in [-0.15, -0.1) is 0 Å². The Balaban J connectivity index is 1.77. The standard InChI is InChI=1S/C15H13ClN6O2S/c1-9-2-3-10(16)12(6-9)24-8-13-19-20-15(25)22(13)21-14(23)11-7-17-4-5-18-11/h2-7H,8H2,1H3,(H,20,25)(H,21,23). The Bertz CT molecular complexity index is 956. The molecule has 0 aliphatic rings. The zero-order valence-corrected chi connectivity index (χ0v) is 14.6. The highest BCUT2D eigenvalue weighted by Gasteiger charge is 2.13. The van der Waals surface area contributed by atoms with Crippen LogP contribution in [0.15, 0.2) is 36.8 Å². The molecule has 2 heterocycles. The highest BCUT2D eigenvalue weighted by atomic mass is 35.5. The Morgan fingerprint density at radius 2 is 2.28 bits per heavy atom. The minimum absolute atomic E-state index is 0.0526. The number of aryl methyl sites for hydroxylation is 1. The van der Waals surface area contributed by atoms with Gasteiger partial charge in [0, 0.05) is 12.4 Å². The smallest absolute Gasteiger partial charge is 0.290 e. The number of hydrogen-bond donors (Lipinski definition) is 2. The van der Waals surface area contributed by atoms with Crippen LogP contribution in [0.4, 0.5) is 0 Å². The number of aromatic amines is 1. The number of aromatic nitrogens is 5. The molecular formula is C15H13ClN6O2S. The molecule has 2 aromatic heterocycles. The molecule has 2 N–H and O–H groups in total. The lowest BCUT2D eigenvalue weighted by Crippen LogP contribution is -2.26. The van der Waals surface area contributed by atoms with Crippen LogP contribution in [0.25, 0.3) is 0 Å². The third-order valence-electron chi connectivity index (χ3n) is 3.19. The van der Waals surface area contributed by atoms with Crippen molar-refractivity contribution in [2.75, 3.05) is 5.43 Å². The van der Waals surface area contributed by atoms with E-state index in [4.69, 9.17) is 28.6 Å². The van der Waals surface area contributed by atoms with Crippen molar-refractivity contribution in [1.29, 1.82) is 0 Å². The highest BCUT2D eigenvalue weighted by Crippen LogP contribution is 2.25. The van der Waals surface area contributed by atoms with Crippen LogP contribution in [0, 0.1) is 11.7 Å². The molecule has 0 radical (unpaired) electrons. The van der Waals surface area contributed by atoms with Crippen LogP contribution in [0.1, 0.15) is 21.9 Å². The van der Waals surface area contributed by atoms with Crippen LogP contribution in [-0.4, -0.2) is 30.7 Å². The fourth-order valence-electron chi connectivity index (χ4n) is 1.98. The van der Waals surface area contributed by atoms with Gasteiger partial charge in [0.05, 0.1) is 11.2 Å². The largest absolute Gasteiger partial charge is 0.484 e. The summed E-state index contributed by atoms with van der Waals surface area (Å²) in [5.74, 6) is 0.419. The average molecular weight is 377 g/mol. The molecule has 0 atom stereocenters. The molecule has 0 aliphatic carbocycles. The number of nitrogens with one attached hydrogen (secondary N) is 2. The van der Waals surface area contributed by atoms with Gasteiger partial charge in [0.25, 0.3) is 5.91 Å². The molecule has 3 rings (SSSR count). The molecule has 0 fully saturated rings. The number of hydrogen-bond acceptors (Lipinski definition) is 6. The van der Waals surface area contributed by atoms with Crippen LogP contribution < -0.4 is 10.2 Å². The first-order valence-electron chi connectivity index (χ1n) is 7.17.